The fourth-order valence-electron chi connectivity index (χ4n) is 1.59. The number of hydrogen-bond donors (Lipinski definition) is 2. The zero-order valence-corrected chi connectivity index (χ0v) is 10.2. The summed E-state index contributed by atoms with van der Waals surface area (Å²) in [6.07, 6.45) is 0.405. The van der Waals surface area contributed by atoms with Crippen LogP contribution in [-0.2, 0) is 14.1 Å². The largest absolute Gasteiger partial charge is 0.466 e. The van der Waals surface area contributed by atoms with Gasteiger partial charge in [0.05, 0.1) is 12.3 Å². The summed E-state index contributed by atoms with van der Waals surface area (Å²) >= 11 is 0. The Morgan fingerprint density at radius 1 is 1.40 bits per heavy atom. The Kier molecular flexibility index (Phi) is 6.10. The van der Waals surface area contributed by atoms with Crippen LogP contribution in [0.2, 0.25) is 0 Å². The maximum absolute atomic E-state index is 11.1. The topological polar surface area (TPSA) is 83.8 Å². The van der Waals surface area contributed by atoms with Crippen LogP contribution in [0.3, 0.4) is 0 Å². The van der Waals surface area contributed by atoms with Gasteiger partial charge in [0.1, 0.15) is 0 Å². The lowest BCUT2D eigenvalue weighted by Crippen LogP contribution is -2.21. The van der Waals surface area contributed by atoms with Gasteiger partial charge in [-0.2, -0.15) is 0 Å². The number of carbonyl (C=O) groups is 1. The summed E-state index contributed by atoms with van der Waals surface area (Å²) < 4.78 is 15.8. The first-order chi connectivity index (χ1) is 6.82. The van der Waals surface area contributed by atoms with Crippen molar-refractivity contribution < 1.29 is 23.9 Å². The van der Waals surface area contributed by atoms with Gasteiger partial charge < -0.3 is 14.5 Å². The van der Waals surface area contributed by atoms with Crippen molar-refractivity contribution in [1.29, 1.82) is 0 Å². The average Bonchev–Trinajstić information content (AvgIpc) is 2.02. The van der Waals surface area contributed by atoms with Crippen molar-refractivity contribution in [3.05, 3.63) is 0 Å². The van der Waals surface area contributed by atoms with Crippen LogP contribution in [0, 0.1) is 5.92 Å². The molecule has 0 fully saturated rings. The van der Waals surface area contributed by atoms with E-state index in [1.165, 1.54) is 0 Å². The number of carbonyl (C=O) groups excluding carboxylic acids is 1. The van der Waals surface area contributed by atoms with Gasteiger partial charge in [0.2, 0.25) is 0 Å². The van der Waals surface area contributed by atoms with Gasteiger partial charge in [0.15, 0.2) is 0 Å². The lowest BCUT2D eigenvalue weighted by molar-refractivity contribution is -0.144. The highest BCUT2D eigenvalue weighted by molar-refractivity contribution is 7.52. The third kappa shape index (κ3) is 5.30. The van der Waals surface area contributed by atoms with Crippen molar-refractivity contribution >= 4 is 13.6 Å². The number of hydrogen-bond acceptors (Lipinski definition) is 3. The van der Waals surface area contributed by atoms with Gasteiger partial charge in [0, 0.05) is 6.42 Å². The van der Waals surface area contributed by atoms with Crippen LogP contribution in [0.4, 0.5) is 0 Å². The fourth-order valence-corrected chi connectivity index (χ4v) is 2.83. The van der Waals surface area contributed by atoms with E-state index in [2.05, 4.69) is 0 Å². The first-order valence-corrected chi connectivity index (χ1v) is 6.71. The molecule has 2 atom stereocenters. The molecule has 5 nitrogen and oxygen atoms in total. The molecular weight excluding hydrogens is 219 g/mol. The second-order valence-electron chi connectivity index (χ2n) is 3.55. The summed E-state index contributed by atoms with van der Waals surface area (Å²) in [6, 6.07) is 0. The monoisotopic (exact) mass is 238 g/mol. The van der Waals surface area contributed by atoms with Crippen molar-refractivity contribution in [3.8, 4) is 0 Å². The van der Waals surface area contributed by atoms with Crippen molar-refractivity contribution in [2.24, 2.45) is 5.92 Å². The molecule has 0 saturated carbocycles. The van der Waals surface area contributed by atoms with Crippen molar-refractivity contribution in [2.75, 3.05) is 6.61 Å². The Morgan fingerprint density at radius 3 is 2.27 bits per heavy atom. The van der Waals surface area contributed by atoms with Crippen LogP contribution in [0.1, 0.15) is 33.6 Å². The van der Waals surface area contributed by atoms with E-state index in [0.717, 1.165) is 0 Å². The molecule has 0 aromatic carbocycles. The first-order valence-electron chi connectivity index (χ1n) is 5.03. The van der Waals surface area contributed by atoms with E-state index >= 15 is 0 Å². The van der Waals surface area contributed by atoms with Gasteiger partial charge in [-0.3, -0.25) is 9.36 Å². The first kappa shape index (κ1) is 14.6. The molecule has 0 radical (unpaired) electrons. The predicted molar refractivity (Wildman–Crippen MR) is 56.5 cm³/mol. The van der Waals surface area contributed by atoms with E-state index in [1.807, 2.05) is 0 Å². The molecular formula is C9H19O5P. The molecule has 0 heterocycles. The highest BCUT2D eigenvalue weighted by atomic mass is 31.2. The molecule has 15 heavy (non-hydrogen) atoms. The van der Waals surface area contributed by atoms with E-state index in [0.29, 0.717) is 6.42 Å². The minimum Gasteiger partial charge on any atom is -0.466 e. The van der Waals surface area contributed by atoms with Gasteiger partial charge in [-0.25, -0.2) is 0 Å². The average molecular weight is 238 g/mol. The molecule has 0 spiro atoms. The van der Waals surface area contributed by atoms with Gasteiger partial charge >= 0.3 is 13.6 Å². The van der Waals surface area contributed by atoms with E-state index < -0.39 is 19.2 Å². The standard InChI is InChI=1S/C9H19O5P/c1-4-8(15(11,12)13)7(3)6-9(10)14-5-2/h7-8H,4-6H2,1-3H3,(H2,11,12,13). The van der Waals surface area contributed by atoms with Gasteiger partial charge in [-0.1, -0.05) is 13.8 Å². The molecule has 0 aliphatic heterocycles. The Labute approximate surface area is 90.0 Å². The molecule has 0 bridgehead atoms. The minimum atomic E-state index is -4.11. The molecule has 6 heteroatoms. The van der Waals surface area contributed by atoms with Crippen LogP contribution < -0.4 is 0 Å². The van der Waals surface area contributed by atoms with Crippen molar-refractivity contribution in [1.82, 2.24) is 0 Å². The molecule has 0 aliphatic carbocycles. The minimum absolute atomic E-state index is 0.0530. The van der Waals surface area contributed by atoms with E-state index in [1.54, 1.807) is 20.8 Å². The van der Waals surface area contributed by atoms with E-state index in [9.17, 15) is 9.36 Å². The van der Waals surface area contributed by atoms with Crippen molar-refractivity contribution in [3.63, 3.8) is 0 Å². The normalized spacial score (nSPS) is 15.8. The van der Waals surface area contributed by atoms with Crippen LogP contribution in [0.25, 0.3) is 0 Å². The Balaban J connectivity index is 4.35. The van der Waals surface area contributed by atoms with Crippen LogP contribution in [-0.4, -0.2) is 28.0 Å². The Hall–Kier alpha value is -0.380. The number of esters is 1. The van der Waals surface area contributed by atoms with Gasteiger partial charge in [-0.05, 0) is 19.3 Å². The Morgan fingerprint density at radius 2 is 1.93 bits per heavy atom. The SMILES string of the molecule is CCOC(=O)CC(C)C(CC)P(=O)(O)O. The summed E-state index contributed by atoms with van der Waals surface area (Å²) in [4.78, 5) is 29.2. The summed E-state index contributed by atoms with van der Waals surface area (Å²) in [6.45, 7) is 5.34. The second kappa shape index (κ2) is 6.26. The van der Waals surface area contributed by atoms with E-state index in [-0.39, 0.29) is 18.9 Å². The molecule has 0 aromatic heterocycles. The number of ether oxygens (including phenoxy) is 1. The lowest BCUT2D eigenvalue weighted by Gasteiger charge is -2.22. The van der Waals surface area contributed by atoms with Crippen molar-refractivity contribution in [2.45, 2.75) is 39.3 Å². The lowest BCUT2D eigenvalue weighted by atomic mass is 10.0. The molecule has 0 rings (SSSR count). The summed E-state index contributed by atoms with van der Waals surface area (Å²) in [7, 11) is -4.11. The highest BCUT2D eigenvalue weighted by Crippen LogP contribution is 2.47. The Bertz CT molecular complexity index is 247. The molecule has 90 valence electrons. The molecule has 0 aliphatic rings. The molecule has 0 saturated heterocycles. The summed E-state index contributed by atoms with van der Waals surface area (Å²) in [5.41, 5.74) is -0.762. The third-order valence-electron chi connectivity index (χ3n) is 2.30. The van der Waals surface area contributed by atoms with Gasteiger partial charge in [-0.15, -0.1) is 0 Å². The zero-order chi connectivity index (χ0) is 12.1. The van der Waals surface area contributed by atoms with Gasteiger partial charge in [0.25, 0.3) is 0 Å². The molecule has 2 unspecified atom stereocenters. The molecule has 0 aromatic rings. The van der Waals surface area contributed by atoms with E-state index in [4.69, 9.17) is 14.5 Å². The quantitative estimate of drug-likeness (QED) is 0.541. The second-order valence-corrected chi connectivity index (χ2v) is 5.39. The zero-order valence-electron chi connectivity index (χ0n) is 9.34. The maximum Gasteiger partial charge on any atom is 0.328 e. The summed E-state index contributed by atoms with van der Waals surface area (Å²) in [5.74, 6) is -0.771. The molecule has 0 amide bonds. The van der Waals surface area contributed by atoms with Crippen LogP contribution in [0.15, 0.2) is 0 Å². The predicted octanol–water partition coefficient (Wildman–Crippen LogP) is 1.53. The fraction of sp³-hybridized carbons (Fsp3) is 0.889. The maximum atomic E-state index is 11.1. The van der Waals surface area contributed by atoms with Crippen LogP contribution in [0.5, 0.6) is 0 Å². The third-order valence-corrected chi connectivity index (χ3v) is 4.04. The highest BCUT2D eigenvalue weighted by Gasteiger charge is 2.33. The smallest absolute Gasteiger partial charge is 0.328 e. The molecule has 2 N–H and O–H groups in total. The number of rotatable bonds is 6. The summed E-state index contributed by atoms with van der Waals surface area (Å²) in [5, 5.41) is 0. The van der Waals surface area contributed by atoms with Crippen LogP contribution >= 0.6 is 7.60 Å².